The summed E-state index contributed by atoms with van der Waals surface area (Å²) in [5.74, 6) is -0.391. The van der Waals surface area contributed by atoms with Crippen molar-refractivity contribution in [2.45, 2.75) is 51.2 Å². The third kappa shape index (κ3) is 4.47. The van der Waals surface area contributed by atoms with E-state index >= 15 is 0 Å². The van der Waals surface area contributed by atoms with Crippen LogP contribution in [0.4, 0.5) is 0 Å². The molecule has 3 N–H and O–H groups in total. The number of piperidine rings is 1. The zero-order chi connectivity index (χ0) is 14.4. The SMILES string of the molecule is COCC(N)C(=O)NC(C)C(=O)N1CCCCC1C. The van der Waals surface area contributed by atoms with Crippen molar-refractivity contribution < 1.29 is 14.3 Å². The van der Waals surface area contributed by atoms with Gasteiger partial charge in [-0.1, -0.05) is 0 Å². The van der Waals surface area contributed by atoms with E-state index in [0.29, 0.717) is 0 Å². The molecule has 0 radical (unpaired) electrons. The largest absolute Gasteiger partial charge is 0.383 e. The Bertz CT molecular complexity index is 322. The van der Waals surface area contributed by atoms with Crippen molar-refractivity contribution >= 4 is 11.8 Å². The van der Waals surface area contributed by atoms with E-state index in [1.807, 2.05) is 11.8 Å². The minimum absolute atomic E-state index is 0.0369. The van der Waals surface area contributed by atoms with E-state index in [1.165, 1.54) is 7.11 Å². The second kappa shape index (κ2) is 7.45. The number of hydrogen-bond donors (Lipinski definition) is 2. The number of nitrogens with zero attached hydrogens (tertiary/aromatic N) is 1. The molecule has 0 aromatic carbocycles. The number of nitrogens with two attached hydrogens (primary N) is 1. The zero-order valence-electron chi connectivity index (χ0n) is 12.0. The highest BCUT2D eigenvalue weighted by Crippen LogP contribution is 2.17. The normalized spacial score (nSPS) is 22.7. The smallest absolute Gasteiger partial charge is 0.245 e. The minimum atomic E-state index is -0.737. The Morgan fingerprint density at radius 3 is 2.74 bits per heavy atom. The number of likely N-dealkylation sites (tertiary alicyclic amines) is 1. The number of nitrogens with one attached hydrogen (secondary N) is 1. The molecule has 1 rings (SSSR count). The van der Waals surface area contributed by atoms with Gasteiger partial charge >= 0.3 is 0 Å². The molecule has 1 aliphatic heterocycles. The van der Waals surface area contributed by atoms with Gasteiger partial charge < -0.3 is 20.7 Å². The van der Waals surface area contributed by atoms with E-state index in [2.05, 4.69) is 5.32 Å². The molecule has 0 bridgehead atoms. The van der Waals surface area contributed by atoms with E-state index < -0.39 is 12.1 Å². The number of carbonyl (C=O) groups is 2. The number of hydrogen-bond acceptors (Lipinski definition) is 4. The zero-order valence-corrected chi connectivity index (χ0v) is 12.0. The van der Waals surface area contributed by atoms with Gasteiger partial charge in [0.2, 0.25) is 11.8 Å². The van der Waals surface area contributed by atoms with Crippen LogP contribution in [0.15, 0.2) is 0 Å². The van der Waals surface area contributed by atoms with E-state index in [9.17, 15) is 9.59 Å². The highest BCUT2D eigenvalue weighted by molar-refractivity contribution is 5.89. The van der Waals surface area contributed by atoms with Gasteiger partial charge in [-0.25, -0.2) is 0 Å². The van der Waals surface area contributed by atoms with E-state index in [1.54, 1.807) is 6.92 Å². The summed E-state index contributed by atoms with van der Waals surface area (Å²) in [6.07, 6.45) is 3.21. The molecule has 0 aromatic rings. The van der Waals surface area contributed by atoms with Crippen molar-refractivity contribution in [1.29, 1.82) is 0 Å². The Balaban J connectivity index is 2.50. The van der Waals surface area contributed by atoms with E-state index in [-0.39, 0.29) is 24.5 Å². The minimum Gasteiger partial charge on any atom is -0.383 e. The summed E-state index contributed by atoms with van der Waals surface area (Å²) in [6.45, 7) is 4.65. The fourth-order valence-corrected chi connectivity index (χ4v) is 2.31. The Hall–Kier alpha value is -1.14. The van der Waals surface area contributed by atoms with Crippen LogP contribution in [0.2, 0.25) is 0 Å². The van der Waals surface area contributed by atoms with Crippen molar-refractivity contribution in [2.75, 3.05) is 20.3 Å². The van der Waals surface area contributed by atoms with Gasteiger partial charge in [0, 0.05) is 19.7 Å². The van der Waals surface area contributed by atoms with Gasteiger partial charge in [0.15, 0.2) is 0 Å². The molecule has 1 aliphatic rings. The lowest BCUT2D eigenvalue weighted by Gasteiger charge is -2.35. The van der Waals surface area contributed by atoms with Gasteiger partial charge in [-0.05, 0) is 33.1 Å². The molecular weight excluding hydrogens is 246 g/mol. The standard InChI is InChI=1S/C13H25N3O3/c1-9-6-4-5-7-16(9)13(18)10(2)15-12(17)11(14)8-19-3/h9-11H,4-8,14H2,1-3H3,(H,15,17). The molecule has 1 fully saturated rings. The summed E-state index contributed by atoms with van der Waals surface area (Å²) in [5.41, 5.74) is 5.62. The van der Waals surface area contributed by atoms with Crippen LogP contribution in [-0.4, -0.2) is 55.1 Å². The van der Waals surface area contributed by atoms with Crippen LogP contribution >= 0.6 is 0 Å². The second-order valence-electron chi connectivity index (χ2n) is 5.17. The monoisotopic (exact) mass is 271 g/mol. The molecule has 110 valence electrons. The molecule has 0 spiro atoms. The van der Waals surface area contributed by atoms with Crippen molar-refractivity contribution in [3.8, 4) is 0 Å². The molecular formula is C13H25N3O3. The van der Waals surface area contributed by atoms with Crippen molar-refractivity contribution in [3.05, 3.63) is 0 Å². The van der Waals surface area contributed by atoms with Gasteiger partial charge in [-0.2, -0.15) is 0 Å². The Kier molecular flexibility index (Phi) is 6.24. The molecule has 1 saturated heterocycles. The molecule has 19 heavy (non-hydrogen) atoms. The molecule has 6 nitrogen and oxygen atoms in total. The van der Waals surface area contributed by atoms with Gasteiger partial charge in [-0.3, -0.25) is 9.59 Å². The van der Waals surface area contributed by atoms with Gasteiger partial charge in [-0.15, -0.1) is 0 Å². The fourth-order valence-electron chi connectivity index (χ4n) is 2.31. The van der Waals surface area contributed by atoms with Crippen LogP contribution in [0.3, 0.4) is 0 Å². The first-order valence-corrected chi connectivity index (χ1v) is 6.82. The average Bonchev–Trinajstić information content (AvgIpc) is 2.38. The number of ether oxygens (including phenoxy) is 1. The molecule has 1 heterocycles. The second-order valence-corrected chi connectivity index (χ2v) is 5.17. The molecule has 0 aromatic heterocycles. The Labute approximate surface area is 114 Å². The summed E-state index contributed by atoms with van der Waals surface area (Å²) < 4.78 is 4.82. The topological polar surface area (TPSA) is 84.7 Å². The van der Waals surface area contributed by atoms with Crippen molar-refractivity contribution in [1.82, 2.24) is 10.2 Å². The lowest BCUT2D eigenvalue weighted by molar-refractivity contribution is -0.139. The predicted octanol–water partition coefficient (Wildman–Crippen LogP) is -0.134. The fraction of sp³-hybridized carbons (Fsp3) is 0.846. The third-order valence-corrected chi connectivity index (χ3v) is 3.50. The molecule has 6 heteroatoms. The lowest BCUT2D eigenvalue weighted by atomic mass is 10.0. The highest BCUT2D eigenvalue weighted by atomic mass is 16.5. The van der Waals surface area contributed by atoms with Crippen LogP contribution in [0, 0.1) is 0 Å². The summed E-state index contributed by atoms with van der Waals surface area (Å²) in [7, 11) is 1.48. The first kappa shape index (κ1) is 15.9. The number of amides is 2. The highest BCUT2D eigenvalue weighted by Gasteiger charge is 2.28. The van der Waals surface area contributed by atoms with Gasteiger partial charge in [0.1, 0.15) is 12.1 Å². The Morgan fingerprint density at radius 2 is 2.16 bits per heavy atom. The number of methoxy groups -OCH3 is 1. The average molecular weight is 271 g/mol. The van der Waals surface area contributed by atoms with Crippen molar-refractivity contribution in [2.24, 2.45) is 5.73 Å². The maximum Gasteiger partial charge on any atom is 0.245 e. The maximum absolute atomic E-state index is 12.3. The molecule has 2 amide bonds. The molecule has 0 aliphatic carbocycles. The third-order valence-electron chi connectivity index (χ3n) is 3.50. The molecule has 0 saturated carbocycles. The number of carbonyl (C=O) groups excluding carboxylic acids is 2. The summed E-state index contributed by atoms with van der Waals surface area (Å²) in [4.78, 5) is 25.8. The lowest BCUT2D eigenvalue weighted by Crippen LogP contribution is -2.54. The molecule has 3 unspecified atom stereocenters. The van der Waals surface area contributed by atoms with Crippen molar-refractivity contribution in [3.63, 3.8) is 0 Å². The van der Waals surface area contributed by atoms with Gasteiger partial charge in [0.05, 0.1) is 6.61 Å². The first-order valence-electron chi connectivity index (χ1n) is 6.82. The summed E-state index contributed by atoms with van der Waals surface area (Å²) in [6, 6.07) is -1.04. The summed E-state index contributed by atoms with van der Waals surface area (Å²) >= 11 is 0. The first-order chi connectivity index (χ1) is 8.97. The molecule has 3 atom stereocenters. The summed E-state index contributed by atoms with van der Waals surface area (Å²) in [5, 5.41) is 2.65. The van der Waals surface area contributed by atoms with Crippen LogP contribution in [0.1, 0.15) is 33.1 Å². The predicted molar refractivity (Wildman–Crippen MR) is 72.5 cm³/mol. The van der Waals surface area contributed by atoms with Crippen LogP contribution in [-0.2, 0) is 14.3 Å². The number of rotatable bonds is 5. The van der Waals surface area contributed by atoms with Crippen LogP contribution < -0.4 is 11.1 Å². The Morgan fingerprint density at radius 1 is 1.47 bits per heavy atom. The maximum atomic E-state index is 12.3. The van der Waals surface area contributed by atoms with E-state index in [0.717, 1.165) is 25.8 Å². The van der Waals surface area contributed by atoms with E-state index in [4.69, 9.17) is 10.5 Å². The van der Waals surface area contributed by atoms with Gasteiger partial charge in [0.25, 0.3) is 0 Å². The van der Waals surface area contributed by atoms with Crippen LogP contribution in [0.5, 0.6) is 0 Å². The van der Waals surface area contributed by atoms with Crippen LogP contribution in [0.25, 0.3) is 0 Å². The quantitative estimate of drug-likeness (QED) is 0.729.